The molecule has 0 bridgehead atoms. The van der Waals surface area contributed by atoms with Crippen molar-refractivity contribution in [3.63, 3.8) is 0 Å². The second-order valence-electron chi connectivity index (χ2n) is 4.34. The minimum atomic E-state index is -0.479. The van der Waals surface area contributed by atoms with E-state index in [1.165, 1.54) is 5.56 Å². The van der Waals surface area contributed by atoms with Gasteiger partial charge in [0, 0.05) is 0 Å². The van der Waals surface area contributed by atoms with Gasteiger partial charge in [-0.1, -0.05) is 30.3 Å². The first-order valence-electron chi connectivity index (χ1n) is 6.04. The second-order valence-corrected chi connectivity index (χ2v) is 4.34. The maximum absolute atomic E-state index is 9.92. The molecule has 0 amide bonds. The molecule has 2 aromatic rings. The summed E-state index contributed by atoms with van der Waals surface area (Å²) in [4.78, 5) is 0. The molecule has 0 aliphatic heterocycles. The molecule has 2 heteroatoms. The van der Waals surface area contributed by atoms with E-state index in [-0.39, 0.29) is 0 Å². The molecule has 0 spiro atoms. The van der Waals surface area contributed by atoms with E-state index in [9.17, 15) is 5.11 Å². The minimum absolute atomic E-state index is 0.479. The Hall–Kier alpha value is -1.54. The number of rotatable bonds is 5. The van der Waals surface area contributed by atoms with E-state index in [1.807, 2.05) is 37.3 Å². The third-order valence-electron chi connectivity index (χ3n) is 2.88. The predicted molar refractivity (Wildman–Crippen MR) is 67.8 cm³/mol. The van der Waals surface area contributed by atoms with E-state index in [1.54, 1.807) is 0 Å². The van der Waals surface area contributed by atoms with Crippen LogP contribution in [-0.4, -0.2) is 5.11 Å². The fraction of sp³-hybridized carbons (Fsp3) is 0.333. The first-order chi connectivity index (χ1) is 8.25. The van der Waals surface area contributed by atoms with Crippen LogP contribution in [0.15, 0.2) is 46.9 Å². The van der Waals surface area contributed by atoms with E-state index in [0.29, 0.717) is 5.76 Å². The van der Waals surface area contributed by atoms with Crippen LogP contribution in [0.3, 0.4) is 0 Å². The zero-order valence-corrected chi connectivity index (χ0v) is 10.1. The fourth-order valence-corrected chi connectivity index (χ4v) is 1.92. The lowest BCUT2D eigenvalue weighted by Crippen LogP contribution is -1.96. The van der Waals surface area contributed by atoms with Crippen LogP contribution in [0.25, 0.3) is 0 Å². The average Bonchev–Trinajstić information content (AvgIpc) is 2.77. The number of aryl methyl sites for hydroxylation is 2. The number of aliphatic hydroxyl groups excluding tert-OH is 1. The summed E-state index contributed by atoms with van der Waals surface area (Å²) in [6.45, 7) is 1.89. The van der Waals surface area contributed by atoms with Crippen molar-refractivity contribution in [2.24, 2.45) is 0 Å². The van der Waals surface area contributed by atoms with Crippen molar-refractivity contribution in [2.45, 2.75) is 32.3 Å². The number of hydrogen-bond acceptors (Lipinski definition) is 2. The van der Waals surface area contributed by atoms with Gasteiger partial charge < -0.3 is 9.52 Å². The van der Waals surface area contributed by atoms with Crippen LogP contribution in [0.2, 0.25) is 0 Å². The lowest BCUT2D eigenvalue weighted by atomic mass is 10.1. The van der Waals surface area contributed by atoms with Crippen LogP contribution in [0.1, 0.15) is 36.0 Å². The third-order valence-corrected chi connectivity index (χ3v) is 2.88. The van der Waals surface area contributed by atoms with Gasteiger partial charge in [0.1, 0.15) is 17.6 Å². The van der Waals surface area contributed by atoms with Gasteiger partial charge in [-0.05, 0) is 43.9 Å². The molecule has 0 saturated heterocycles. The number of furan rings is 1. The predicted octanol–water partition coefficient (Wildman–Crippen LogP) is 3.64. The van der Waals surface area contributed by atoms with E-state index >= 15 is 0 Å². The van der Waals surface area contributed by atoms with Gasteiger partial charge in [0.25, 0.3) is 0 Å². The molecule has 0 saturated carbocycles. The molecule has 1 heterocycles. The average molecular weight is 230 g/mol. The monoisotopic (exact) mass is 230 g/mol. The van der Waals surface area contributed by atoms with Crippen molar-refractivity contribution in [1.82, 2.24) is 0 Å². The normalized spacial score (nSPS) is 12.6. The summed E-state index contributed by atoms with van der Waals surface area (Å²) in [6, 6.07) is 14.1. The van der Waals surface area contributed by atoms with E-state index in [2.05, 4.69) is 12.1 Å². The SMILES string of the molecule is Cc1ccc(C(O)CCCc2ccccc2)o1. The van der Waals surface area contributed by atoms with Crippen molar-refractivity contribution in [2.75, 3.05) is 0 Å². The highest BCUT2D eigenvalue weighted by Gasteiger charge is 2.10. The van der Waals surface area contributed by atoms with Crippen molar-refractivity contribution in [3.8, 4) is 0 Å². The Kier molecular flexibility index (Phi) is 3.99. The molecule has 17 heavy (non-hydrogen) atoms. The van der Waals surface area contributed by atoms with Crippen LogP contribution in [0, 0.1) is 6.92 Å². The lowest BCUT2D eigenvalue weighted by Gasteiger charge is -2.07. The highest BCUT2D eigenvalue weighted by atomic mass is 16.4. The largest absolute Gasteiger partial charge is 0.464 e. The van der Waals surface area contributed by atoms with Gasteiger partial charge in [-0.25, -0.2) is 0 Å². The van der Waals surface area contributed by atoms with Crippen LogP contribution in [0.4, 0.5) is 0 Å². The summed E-state index contributed by atoms with van der Waals surface area (Å²) in [7, 11) is 0. The Morgan fingerprint density at radius 2 is 1.88 bits per heavy atom. The molecular formula is C15H18O2. The van der Waals surface area contributed by atoms with Gasteiger partial charge in [0.15, 0.2) is 0 Å². The Morgan fingerprint density at radius 3 is 2.53 bits per heavy atom. The maximum atomic E-state index is 9.92. The molecule has 0 radical (unpaired) electrons. The van der Waals surface area contributed by atoms with Crippen LogP contribution in [0.5, 0.6) is 0 Å². The zero-order chi connectivity index (χ0) is 12.1. The van der Waals surface area contributed by atoms with Gasteiger partial charge in [0.2, 0.25) is 0 Å². The summed E-state index contributed by atoms with van der Waals surface area (Å²) in [5.74, 6) is 1.53. The van der Waals surface area contributed by atoms with Crippen LogP contribution >= 0.6 is 0 Å². The first kappa shape index (κ1) is 11.9. The zero-order valence-electron chi connectivity index (χ0n) is 10.1. The molecule has 0 aliphatic rings. The van der Waals surface area contributed by atoms with E-state index in [4.69, 9.17) is 4.42 Å². The Morgan fingerprint density at radius 1 is 1.12 bits per heavy atom. The molecule has 90 valence electrons. The number of aliphatic hydroxyl groups is 1. The highest BCUT2D eigenvalue weighted by molar-refractivity contribution is 5.14. The second kappa shape index (κ2) is 5.69. The summed E-state index contributed by atoms with van der Waals surface area (Å²) in [5.41, 5.74) is 1.32. The number of benzene rings is 1. The molecule has 1 unspecified atom stereocenters. The molecule has 2 rings (SSSR count). The Balaban J connectivity index is 1.79. The van der Waals surface area contributed by atoms with Gasteiger partial charge in [-0.2, -0.15) is 0 Å². The molecule has 1 aromatic carbocycles. The van der Waals surface area contributed by atoms with E-state index in [0.717, 1.165) is 25.0 Å². The van der Waals surface area contributed by atoms with Crippen molar-refractivity contribution < 1.29 is 9.52 Å². The molecule has 1 aromatic heterocycles. The van der Waals surface area contributed by atoms with E-state index < -0.39 is 6.10 Å². The summed E-state index contributed by atoms with van der Waals surface area (Å²) >= 11 is 0. The minimum Gasteiger partial charge on any atom is -0.464 e. The van der Waals surface area contributed by atoms with Crippen molar-refractivity contribution >= 4 is 0 Å². The summed E-state index contributed by atoms with van der Waals surface area (Å²) < 4.78 is 5.40. The maximum Gasteiger partial charge on any atom is 0.132 e. The van der Waals surface area contributed by atoms with Gasteiger partial charge in [0.05, 0.1) is 0 Å². The highest BCUT2D eigenvalue weighted by Crippen LogP contribution is 2.21. The topological polar surface area (TPSA) is 33.4 Å². The summed E-state index contributed by atoms with van der Waals surface area (Å²) in [6.07, 6.45) is 2.22. The number of hydrogen-bond donors (Lipinski definition) is 1. The first-order valence-corrected chi connectivity index (χ1v) is 6.04. The molecule has 1 N–H and O–H groups in total. The molecule has 2 nitrogen and oxygen atoms in total. The summed E-state index contributed by atoms with van der Waals surface area (Å²) in [5, 5.41) is 9.92. The molecule has 1 atom stereocenters. The van der Waals surface area contributed by atoms with Crippen molar-refractivity contribution in [3.05, 3.63) is 59.5 Å². The van der Waals surface area contributed by atoms with Crippen LogP contribution < -0.4 is 0 Å². The third kappa shape index (κ3) is 3.46. The Labute approximate surface area is 102 Å². The quantitative estimate of drug-likeness (QED) is 0.850. The van der Waals surface area contributed by atoms with Gasteiger partial charge >= 0.3 is 0 Å². The standard InChI is InChI=1S/C15H18O2/c1-12-10-11-15(17-12)14(16)9-5-8-13-6-3-2-4-7-13/h2-4,6-7,10-11,14,16H,5,8-9H2,1H3. The fourth-order valence-electron chi connectivity index (χ4n) is 1.92. The molecule has 0 fully saturated rings. The van der Waals surface area contributed by atoms with Gasteiger partial charge in [-0.3, -0.25) is 0 Å². The van der Waals surface area contributed by atoms with Gasteiger partial charge in [-0.15, -0.1) is 0 Å². The molecule has 0 aliphatic carbocycles. The Bertz CT molecular complexity index is 445. The van der Waals surface area contributed by atoms with Crippen molar-refractivity contribution in [1.29, 1.82) is 0 Å². The molecular weight excluding hydrogens is 212 g/mol. The van der Waals surface area contributed by atoms with Crippen LogP contribution in [-0.2, 0) is 6.42 Å². The lowest BCUT2D eigenvalue weighted by molar-refractivity contribution is 0.136. The smallest absolute Gasteiger partial charge is 0.132 e.